The number of methoxy groups -OCH3 is 1. The maximum absolute atomic E-state index is 12.2. The largest absolute Gasteiger partial charge is 0.385 e. The summed E-state index contributed by atoms with van der Waals surface area (Å²) in [7, 11) is 1.69. The number of ether oxygens (including phenoxy) is 1. The monoisotopic (exact) mass is 340 g/mol. The Bertz CT molecular complexity index is 688. The van der Waals surface area contributed by atoms with Crippen molar-refractivity contribution in [3.8, 4) is 0 Å². The van der Waals surface area contributed by atoms with Gasteiger partial charge in [0.2, 0.25) is 5.91 Å². The molecule has 1 saturated heterocycles. The fourth-order valence-electron chi connectivity index (χ4n) is 3.60. The van der Waals surface area contributed by atoms with Crippen molar-refractivity contribution in [2.45, 2.75) is 25.8 Å². The van der Waals surface area contributed by atoms with Gasteiger partial charge in [-0.1, -0.05) is 42.5 Å². The molecule has 0 unspecified atom stereocenters. The minimum atomic E-state index is 0.159. The summed E-state index contributed by atoms with van der Waals surface area (Å²) in [6, 6.07) is 15.1. The van der Waals surface area contributed by atoms with Crippen LogP contribution in [0.3, 0.4) is 0 Å². The van der Waals surface area contributed by atoms with Crippen LogP contribution in [-0.4, -0.2) is 44.2 Å². The summed E-state index contributed by atoms with van der Waals surface area (Å²) in [5.74, 6) is 0.368. The van der Waals surface area contributed by atoms with Gasteiger partial charge in [0.1, 0.15) is 0 Å². The maximum Gasteiger partial charge on any atom is 0.223 e. The first kappa shape index (κ1) is 17.9. The predicted octanol–water partition coefficient (Wildman–Crippen LogP) is 3.20. The van der Waals surface area contributed by atoms with Crippen LogP contribution in [0.4, 0.5) is 0 Å². The molecule has 2 aromatic carbocycles. The van der Waals surface area contributed by atoms with E-state index < -0.39 is 0 Å². The summed E-state index contributed by atoms with van der Waals surface area (Å²) in [5, 5.41) is 5.67. The highest BCUT2D eigenvalue weighted by Crippen LogP contribution is 2.23. The highest BCUT2D eigenvalue weighted by atomic mass is 16.5. The number of piperidine rings is 1. The number of carbonyl (C=O) groups is 1. The van der Waals surface area contributed by atoms with Gasteiger partial charge in [-0.05, 0) is 48.7 Å². The van der Waals surface area contributed by atoms with Crippen LogP contribution in [0.15, 0.2) is 42.5 Å². The van der Waals surface area contributed by atoms with Crippen LogP contribution in [0.25, 0.3) is 10.8 Å². The number of nitrogens with one attached hydrogen (secondary N) is 1. The van der Waals surface area contributed by atoms with E-state index in [-0.39, 0.29) is 11.8 Å². The van der Waals surface area contributed by atoms with E-state index in [2.05, 4.69) is 52.7 Å². The van der Waals surface area contributed by atoms with E-state index in [0.29, 0.717) is 13.2 Å². The van der Waals surface area contributed by atoms with E-state index in [1.54, 1.807) is 7.11 Å². The van der Waals surface area contributed by atoms with Gasteiger partial charge in [0.25, 0.3) is 0 Å². The fourth-order valence-corrected chi connectivity index (χ4v) is 3.60. The molecule has 0 radical (unpaired) electrons. The van der Waals surface area contributed by atoms with Crippen LogP contribution in [0.2, 0.25) is 0 Å². The number of likely N-dealkylation sites (tertiary alicyclic amines) is 1. The fraction of sp³-hybridized carbons (Fsp3) is 0.476. The first-order valence-corrected chi connectivity index (χ1v) is 9.23. The lowest BCUT2D eigenvalue weighted by molar-refractivity contribution is -0.126. The molecule has 4 heteroatoms. The molecule has 3 rings (SSSR count). The molecule has 1 fully saturated rings. The van der Waals surface area contributed by atoms with Gasteiger partial charge >= 0.3 is 0 Å². The normalized spacial score (nSPS) is 16.2. The number of hydrogen-bond donors (Lipinski definition) is 1. The number of benzene rings is 2. The molecule has 2 aromatic rings. The molecule has 1 N–H and O–H groups in total. The van der Waals surface area contributed by atoms with Crippen molar-refractivity contribution in [1.82, 2.24) is 10.2 Å². The smallest absolute Gasteiger partial charge is 0.223 e. The Labute approximate surface area is 150 Å². The van der Waals surface area contributed by atoms with Gasteiger partial charge < -0.3 is 10.1 Å². The van der Waals surface area contributed by atoms with Gasteiger partial charge in [-0.15, -0.1) is 0 Å². The summed E-state index contributed by atoms with van der Waals surface area (Å²) in [5.41, 5.74) is 1.38. The van der Waals surface area contributed by atoms with Crippen molar-refractivity contribution in [2.75, 3.05) is 33.4 Å². The molecular weight excluding hydrogens is 312 g/mol. The molecule has 0 spiro atoms. The van der Waals surface area contributed by atoms with Crippen molar-refractivity contribution in [1.29, 1.82) is 0 Å². The zero-order valence-electron chi connectivity index (χ0n) is 15.0. The van der Waals surface area contributed by atoms with Crippen LogP contribution in [0.5, 0.6) is 0 Å². The minimum absolute atomic E-state index is 0.159. The predicted molar refractivity (Wildman–Crippen MR) is 101 cm³/mol. The third-order valence-electron chi connectivity index (χ3n) is 5.06. The molecule has 25 heavy (non-hydrogen) atoms. The maximum atomic E-state index is 12.2. The van der Waals surface area contributed by atoms with E-state index >= 15 is 0 Å². The Morgan fingerprint density at radius 2 is 1.92 bits per heavy atom. The molecule has 134 valence electrons. The molecule has 0 aliphatic carbocycles. The Morgan fingerprint density at radius 1 is 1.16 bits per heavy atom. The van der Waals surface area contributed by atoms with E-state index in [1.165, 1.54) is 16.3 Å². The van der Waals surface area contributed by atoms with Crippen molar-refractivity contribution in [3.63, 3.8) is 0 Å². The van der Waals surface area contributed by atoms with Crippen LogP contribution in [0.1, 0.15) is 24.8 Å². The zero-order chi connectivity index (χ0) is 17.5. The van der Waals surface area contributed by atoms with Crippen molar-refractivity contribution >= 4 is 16.7 Å². The lowest BCUT2D eigenvalue weighted by Gasteiger charge is -2.31. The first-order chi connectivity index (χ1) is 12.3. The van der Waals surface area contributed by atoms with Crippen LogP contribution >= 0.6 is 0 Å². The summed E-state index contributed by atoms with van der Waals surface area (Å²) < 4.78 is 5.01. The second-order valence-corrected chi connectivity index (χ2v) is 6.83. The third kappa shape index (κ3) is 4.80. The molecule has 0 atom stereocenters. The average molecular weight is 340 g/mol. The molecule has 0 aromatic heterocycles. The molecular formula is C21H28N2O2. The SMILES string of the molecule is COCCCNC(=O)C1CCN(Cc2cccc3ccccc23)CC1. The van der Waals surface area contributed by atoms with Crippen molar-refractivity contribution < 1.29 is 9.53 Å². The molecule has 1 amide bonds. The number of nitrogens with zero attached hydrogens (tertiary/aromatic N) is 1. The molecule has 0 bridgehead atoms. The molecule has 4 nitrogen and oxygen atoms in total. The van der Waals surface area contributed by atoms with E-state index in [1.807, 2.05) is 0 Å². The van der Waals surface area contributed by atoms with Gasteiger partial charge in [0.05, 0.1) is 0 Å². The quantitative estimate of drug-likeness (QED) is 0.787. The number of carbonyl (C=O) groups excluding carboxylic acids is 1. The Morgan fingerprint density at radius 3 is 2.72 bits per heavy atom. The van der Waals surface area contributed by atoms with E-state index in [0.717, 1.165) is 38.9 Å². The number of rotatable bonds is 7. The van der Waals surface area contributed by atoms with Crippen LogP contribution < -0.4 is 5.32 Å². The zero-order valence-corrected chi connectivity index (χ0v) is 15.0. The second kappa shape index (κ2) is 8.97. The summed E-state index contributed by atoms with van der Waals surface area (Å²) in [6.45, 7) is 4.34. The number of amides is 1. The molecule has 1 aliphatic heterocycles. The lowest BCUT2D eigenvalue weighted by Crippen LogP contribution is -2.40. The highest BCUT2D eigenvalue weighted by Gasteiger charge is 2.24. The summed E-state index contributed by atoms with van der Waals surface area (Å²) in [4.78, 5) is 14.7. The molecule has 1 aliphatic rings. The highest BCUT2D eigenvalue weighted by molar-refractivity contribution is 5.85. The Balaban J connectivity index is 1.50. The van der Waals surface area contributed by atoms with Gasteiger partial charge in [-0.25, -0.2) is 0 Å². The minimum Gasteiger partial charge on any atom is -0.385 e. The van der Waals surface area contributed by atoms with Gasteiger partial charge in [-0.3, -0.25) is 9.69 Å². The van der Waals surface area contributed by atoms with Gasteiger partial charge in [0.15, 0.2) is 0 Å². The van der Waals surface area contributed by atoms with E-state index in [4.69, 9.17) is 4.74 Å². The molecule has 0 saturated carbocycles. The number of hydrogen-bond acceptors (Lipinski definition) is 3. The standard InChI is InChI=1S/C21H28N2O2/c1-25-15-5-12-22-21(24)18-10-13-23(14-11-18)16-19-8-4-7-17-6-2-3-9-20(17)19/h2-4,6-9,18H,5,10-16H2,1H3,(H,22,24). The number of fused-ring (bicyclic) bond motifs is 1. The Hall–Kier alpha value is -1.91. The van der Waals surface area contributed by atoms with Gasteiger partial charge in [0, 0.05) is 32.7 Å². The van der Waals surface area contributed by atoms with Crippen LogP contribution in [-0.2, 0) is 16.1 Å². The Kier molecular flexibility index (Phi) is 6.42. The first-order valence-electron chi connectivity index (χ1n) is 9.23. The average Bonchev–Trinajstić information content (AvgIpc) is 2.66. The third-order valence-corrected chi connectivity index (χ3v) is 5.06. The molecule has 1 heterocycles. The van der Waals surface area contributed by atoms with E-state index in [9.17, 15) is 4.79 Å². The second-order valence-electron chi connectivity index (χ2n) is 6.83. The topological polar surface area (TPSA) is 41.6 Å². The summed E-state index contributed by atoms with van der Waals surface area (Å²) in [6.07, 6.45) is 2.77. The lowest BCUT2D eigenvalue weighted by atomic mass is 9.95. The van der Waals surface area contributed by atoms with Crippen LogP contribution in [0, 0.1) is 5.92 Å². The van der Waals surface area contributed by atoms with Crippen molar-refractivity contribution in [2.24, 2.45) is 5.92 Å². The van der Waals surface area contributed by atoms with Gasteiger partial charge in [-0.2, -0.15) is 0 Å². The summed E-state index contributed by atoms with van der Waals surface area (Å²) >= 11 is 0. The van der Waals surface area contributed by atoms with Crippen molar-refractivity contribution in [3.05, 3.63) is 48.0 Å².